The highest BCUT2D eigenvalue weighted by atomic mass is 16.7. The first kappa shape index (κ1) is 34.6. The van der Waals surface area contributed by atoms with E-state index in [0.29, 0.717) is 0 Å². The molecule has 0 aromatic rings. The van der Waals surface area contributed by atoms with Crippen LogP contribution < -0.4 is 22.5 Å². The summed E-state index contributed by atoms with van der Waals surface area (Å²) < 4.78 is 27.7. The van der Waals surface area contributed by atoms with Crippen molar-refractivity contribution >= 4 is 5.91 Å². The van der Waals surface area contributed by atoms with Gasteiger partial charge in [-0.3, -0.25) is 4.79 Å². The number of rotatable bonds is 11. The highest BCUT2D eigenvalue weighted by molar-refractivity contribution is 5.80. The van der Waals surface area contributed by atoms with Crippen molar-refractivity contribution < 1.29 is 69.3 Å². The minimum Gasteiger partial charge on any atom is -0.394 e. The van der Waals surface area contributed by atoms with E-state index >= 15 is 0 Å². The zero-order valence-electron chi connectivity index (χ0n) is 22.2. The fraction of sp³-hybridized carbons (Fsp3) is 0.952. The maximum Gasteiger partial charge on any atom is 0.250 e. The highest BCUT2D eigenvalue weighted by Crippen LogP contribution is 2.31. The first-order valence-electron chi connectivity index (χ1n) is 13.0. The molecule has 3 aliphatic heterocycles. The minimum atomic E-state index is -1.90. The average Bonchev–Trinajstić information content (AvgIpc) is 2.96. The lowest BCUT2D eigenvalue weighted by Gasteiger charge is -2.48. The van der Waals surface area contributed by atoms with Gasteiger partial charge in [-0.2, -0.15) is 0 Å². The normalized spacial score (nSPS) is 45.1. The lowest BCUT2D eigenvalue weighted by atomic mass is 9.96. The van der Waals surface area contributed by atoms with Crippen molar-refractivity contribution in [3.8, 4) is 0 Å². The molecule has 0 spiro atoms. The Morgan fingerprint density at radius 2 is 1.52 bits per heavy atom. The summed E-state index contributed by atoms with van der Waals surface area (Å²) in [7, 11) is 0. The number of nitrogens with two attached hydrogens (primary N) is 3. The average molecular weight is 614 g/mol. The number of hydrogen-bond donors (Lipinski definition) is 12. The van der Waals surface area contributed by atoms with Crippen LogP contribution in [0.3, 0.4) is 0 Å². The number of carbonyl (C=O) groups excluding carboxylic acids is 1. The summed E-state index contributed by atoms with van der Waals surface area (Å²) in [5, 5.41) is 88.0. The van der Waals surface area contributed by atoms with Crippen molar-refractivity contribution in [3.05, 3.63) is 10.4 Å². The molecule has 0 bridgehead atoms. The van der Waals surface area contributed by atoms with E-state index in [-0.39, 0.29) is 13.0 Å². The summed E-state index contributed by atoms with van der Waals surface area (Å²) in [4.78, 5) is 15.1. The molecule has 0 saturated carbocycles. The third-order valence-electron chi connectivity index (χ3n) is 7.14. The van der Waals surface area contributed by atoms with Crippen LogP contribution in [0.4, 0.5) is 0 Å². The molecule has 3 heterocycles. The molecular formula is C21H39N7O14. The summed E-state index contributed by atoms with van der Waals surface area (Å²) in [6.45, 7) is -1.24. The second kappa shape index (κ2) is 15.2. The number of aliphatic hydroxyl groups is 8. The Balaban J connectivity index is 1.86. The molecule has 1 amide bonds. The zero-order chi connectivity index (χ0) is 31.3. The van der Waals surface area contributed by atoms with Crippen LogP contribution in [0, 0.1) is 0 Å². The largest absolute Gasteiger partial charge is 0.394 e. The Morgan fingerprint density at radius 3 is 2.14 bits per heavy atom. The summed E-state index contributed by atoms with van der Waals surface area (Å²) in [6, 6.07) is -1.37. The van der Waals surface area contributed by atoms with E-state index in [0.717, 1.165) is 0 Å². The Morgan fingerprint density at radius 1 is 0.905 bits per heavy atom. The molecule has 0 aliphatic carbocycles. The van der Waals surface area contributed by atoms with E-state index in [2.05, 4.69) is 15.3 Å². The number of carbonyl (C=O) groups is 1. The number of aliphatic hydroxyl groups excluding tert-OH is 8. The Bertz CT molecular complexity index is 934. The fourth-order valence-electron chi connectivity index (χ4n) is 4.67. The van der Waals surface area contributed by atoms with Crippen LogP contribution >= 0.6 is 0 Å². The number of amides is 1. The van der Waals surface area contributed by atoms with Crippen molar-refractivity contribution in [1.82, 2.24) is 5.32 Å². The Hall–Kier alpha value is -1.86. The number of hydrogen-bond acceptors (Lipinski definition) is 18. The van der Waals surface area contributed by atoms with Gasteiger partial charge in [0.2, 0.25) is 0 Å². The van der Waals surface area contributed by atoms with Crippen LogP contribution in [-0.2, 0) is 28.5 Å². The van der Waals surface area contributed by atoms with Gasteiger partial charge in [-0.1, -0.05) is 5.11 Å². The second-order valence-electron chi connectivity index (χ2n) is 10.0. The number of nitrogens with zero attached hydrogens (tertiary/aromatic N) is 3. The first-order valence-corrected chi connectivity index (χ1v) is 13.0. The van der Waals surface area contributed by atoms with Gasteiger partial charge in [-0.05, 0) is 18.5 Å². The van der Waals surface area contributed by atoms with Crippen molar-refractivity contribution in [1.29, 1.82) is 0 Å². The zero-order valence-corrected chi connectivity index (χ0v) is 22.2. The van der Waals surface area contributed by atoms with Crippen LogP contribution in [0.2, 0.25) is 0 Å². The summed E-state index contributed by atoms with van der Waals surface area (Å²) in [5.74, 6) is -0.993. The van der Waals surface area contributed by atoms with Crippen molar-refractivity contribution in [2.75, 3.05) is 19.7 Å². The van der Waals surface area contributed by atoms with Crippen molar-refractivity contribution in [2.45, 2.75) is 105 Å². The highest BCUT2D eigenvalue weighted by Gasteiger charge is 2.53. The smallest absolute Gasteiger partial charge is 0.250 e. The predicted molar refractivity (Wildman–Crippen MR) is 133 cm³/mol. The minimum absolute atomic E-state index is 0.0477. The Kier molecular flexibility index (Phi) is 12.6. The molecule has 3 saturated heterocycles. The van der Waals surface area contributed by atoms with Gasteiger partial charge in [0, 0.05) is 4.91 Å². The van der Waals surface area contributed by atoms with Crippen LogP contribution in [-0.4, -0.2) is 165 Å². The molecule has 21 nitrogen and oxygen atoms in total. The first-order chi connectivity index (χ1) is 19.9. The van der Waals surface area contributed by atoms with Gasteiger partial charge < -0.3 is 87.1 Å². The van der Waals surface area contributed by atoms with E-state index in [4.69, 9.17) is 46.4 Å². The molecule has 15 N–H and O–H groups in total. The van der Waals surface area contributed by atoms with Gasteiger partial charge in [-0.25, -0.2) is 0 Å². The van der Waals surface area contributed by atoms with E-state index < -0.39 is 117 Å². The molecule has 3 fully saturated rings. The molecule has 0 aromatic carbocycles. The maximum absolute atomic E-state index is 12.5. The lowest BCUT2D eigenvalue weighted by Crippen LogP contribution is -2.70. The monoisotopic (exact) mass is 613 g/mol. The molecule has 16 atom stereocenters. The van der Waals surface area contributed by atoms with E-state index in [1.807, 2.05) is 0 Å². The van der Waals surface area contributed by atoms with E-state index in [1.54, 1.807) is 0 Å². The summed E-state index contributed by atoms with van der Waals surface area (Å²) in [6.07, 6.45) is -25.0. The predicted octanol–water partition coefficient (Wildman–Crippen LogP) is -7.53. The molecule has 242 valence electrons. The van der Waals surface area contributed by atoms with Gasteiger partial charge >= 0.3 is 0 Å². The molecule has 3 rings (SSSR count). The molecule has 3 aliphatic rings. The van der Waals surface area contributed by atoms with Crippen LogP contribution in [0.25, 0.3) is 10.4 Å². The number of ether oxygens (including phenoxy) is 5. The van der Waals surface area contributed by atoms with Gasteiger partial charge in [0.05, 0.1) is 25.3 Å². The number of azide groups is 1. The lowest BCUT2D eigenvalue weighted by molar-refractivity contribution is -0.358. The van der Waals surface area contributed by atoms with Gasteiger partial charge in [0.1, 0.15) is 67.3 Å². The fourth-order valence-corrected chi connectivity index (χ4v) is 4.67. The standard InChI is InChI=1S/C21H39N7O14/c22-2-1-5(30)18(37)27-19-16(41-20-11(33)8(23)9(31)7(4-29)39-20)14(36)15(17(24)42-19)40-21-13(35)12(34)10(32)6(38-21)3-26-28-25/h5-17,19-21,29-36H,1-4,22-24H2,(H,27,37)/t5-,6?,7?,8-,9-,10-,11?,12-,13?,14-,15+,16?,17?,19+,20-,21-/m0/s1. The van der Waals surface area contributed by atoms with E-state index in [1.165, 1.54) is 0 Å². The van der Waals surface area contributed by atoms with Gasteiger partial charge in [-0.15, -0.1) is 0 Å². The molecule has 42 heavy (non-hydrogen) atoms. The second-order valence-corrected chi connectivity index (χ2v) is 10.0. The number of nitrogens with one attached hydrogen (secondary N) is 1. The quantitative estimate of drug-likeness (QED) is 0.0584. The molecule has 6 unspecified atom stereocenters. The van der Waals surface area contributed by atoms with Gasteiger partial charge in [0.15, 0.2) is 18.8 Å². The third-order valence-corrected chi connectivity index (χ3v) is 7.14. The topological polar surface area (TPSA) is 364 Å². The van der Waals surface area contributed by atoms with Crippen LogP contribution in [0.15, 0.2) is 5.11 Å². The summed E-state index contributed by atoms with van der Waals surface area (Å²) >= 11 is 0. The van der Waals surface area contributed by atoms with Gasteiger partial charge in [0.25, 0.3) is 5.91 Å². The molecule has 0 radical (unpaired) electrons. The van der Waals surface area contributed by atoms with E-state index in [9.17, 15) is 45.6 Å². The molecule has 0 aromatic heterocycles. The maximum atomic E-state index is 12.5. The molecular weight excluding hydrogens is 574 g/mol. The SMILES string of the molecule is [N-]=[N+]=NCC1O[C@@H](O[C@H]2C(N)O[C@@H](NC(=O)[C@@H](O)CCN)C(O[C@@H]3OC(CO)[C@H](O)[C@H](N)C3O)[C@H]2O)C(O)[C@@H](O)[C@H]1O. The van der Waals surface area contributed by atoms with Crippen LogP contribution in [0.1, 0.15) is 6.42 Å². The van der Waals surface area contributed by atoms with Crippen molar-refractivity contribution in [2.24, 2.45) is 22.3 Å². The van der Waals surface area contributed by atoms with Crippen LogP contribution in [0.5, 0.6) is 0 Å². The Labute approximate surface area is 238 Å². The molecule has 21 heteroatoms. The third kappa shape index (κ3) is 7.61. The summed E-state index contributed by atoms with van der Waals surface area (Å²) in [5.41, 5.74) is 25.8. The van der Waals surface area contributed by atoms with Crippen molar-refractivity contribution in [3.63, 3.8) is 0 Å².